The molecule has 0 aliphatic heterocycles. The van der Waals surface area contributed by atoms with Gasteiger partial charge < -0.3 is 9.51 Å². The smallest absolute Gasteiger partial charge is 0.307 e. The van der Waals surface area contributed by atoms with E-state index in [1.165, 1.54) is 12.8 Å². The molecule has 0 radical (unpaired) electrons. The van der Waals surface area contributed by atoms with E-state index in [1.807, 2.05) is 28.9 Å². The Kier molecular flexibility index (Phi) is 1.96. The average Bonchev–Trinajstić information content (AvgIpc) is 2.98. The first-order valence-electron chi connectivity index (χ1n) is 5.42. The van der Waals surface area contributed by atoms with Gasteiger partial charge >= 0.3 is 5.97 Å². The van der Waals surface area contributed by atoms with E-state index in [2.05, 4.69) is 4.98 Å². The number of aromatic nitrogens is 2. The maximum atomic E-state index is 10.7. The van der Waals surface area contributed by atoms with Crippen LogP contribution in [0.15, 0.2) is 24.5 Å². The van der Waals surface area contributed by atoms with Crippen molar-refractivity contribution in [1.82, 2.24) is 9.38 Å². The van der Waals surface area contributed by atoms with Crippen LogP contribution in [0.4, 0.5) is 0 Å². The molecule has 4 heteroatoms. The summed E-state index contributed by atoms with van der Waals surface area (Å²) in [5.41, 5.74) is 2.66. The number of fused-ring (bicyclic) bond motifs is 1. The van der Waals surface area contributed by atoms with Gasteiger partial charge in [-0.15, -0.1) is 0 Å². The van der Waals surface area contributed by atoms with E-state index in [0.29, 0.717) is 5.92 Å². The number of carboxylic acid groups (broad SMARTS) is 1. The summed E-state index contributed by atoms with van der Waals surface area (Å²) in [4.78, 5) is 15.3. The summed E-state index contributed by atoms with van der Waals surface area (Å²) in [6.45, 7) is 0. The van der Waals surface area contributed by atoms with Crippen LogP contribution >= 0.6 is 0 Å². The number of pyridine rings is 1. The Morgan fingerprint density at radius 3 is 3.06 bits per heavy atom. The lowest BCUT2D eigenvalue weighted by molar-refractivity contribution is -0.136. The Morgan fingerprint density at radius 2 is 2.38 bits per heavy atom. The van der Waals surface area contributed by atoms with E-state index >= 15 is 0 Å². The third-order valence-electron chi connectivity index (χ3n) is 2.92. The van der Waals surface area contributed by atoms with Crippen molar-refractivity contribution >= 4 is 11.6 Å². The normalized spacial score (nSPS) is 15.5. The van der Waals surface area contributed by atoms with Crippen LogP contribution in [0, 0.1) is 0 Å². The highest BCUT2D eigenvalue weighted by Gasteiger charge is 2.26. The summed E-state index contributed by atoms with van der Waals surface area (Å²) in [5, 5.41) is 8.82. The molecule has 0 spiro atoms. The topological polar surface area (TPSA) is 54.6 Å². The molecule has 1 N–H and O–H groups in total. The van der Waals surface area contributed by atoms with Crippen molar-refractivity contribution in [3.8, 4) is 0 Å². The van der Waals surface area contributed by atoms with Gasteiger partial charge in [0.1, 0.15) is 5.65 Å². The van der Waals surface area contributed by atoms with Gasteiger partial charge in [-0.1, -0.05) is 6.07 Å². The van der Waals surface area contributed by atoms with Crippen LogP contribution in [0.25, 0.3) is 5.65 Å². The van der Waals surface area contributed by atoms with Gasteiger partial charge in [-0.25, -0.2) is 4.98 Å². The molecule has 1 saturated carbocycles. The molecule has 0 saturated heterocycles. The zero-order chi connectivity index (χ0) is 11.1. The van der Waals surface area contributed by atoms with Gasteiger partial charge in [-0.3, -0.25) is 4.79 Å². The summed E-state index contributed by atoms with van der Waals surface area (Å²) < 4.78 is 1.92. The van der Waals surface area contributed by atoms with Gasteiger partial charge in [-0.05, 0) is 18.9 Å². The Balaban J connectivity index is 2.09. The van der Waals surface area contributed by atoms with Gasteiger partial charge in [0.15, 0.2) is 0 Å². The summed E-state index contributed by atoms with van der Waals surface area (Å²) in [7, 11) is 0. The van der Waals surface area contributed by atoms with E-state index < -0.39 is 5.97 Å². The fraction of sp³-hybridized carbons (Fsp3) is 0.333. The summed E-state index contributed by atoms with van der Waals surface area (Å²) >= 11 is 0. The molecular weight excluding hydrogens is 204 g/mol. The first-order valence-corrected chi connectivity index (χ1v) is 5.42. The van der Waals surface area contributed by atoms with Gasteiger partial charge in [0.25, 0.3) is 0 Å². The van der Waals surface area contributed by atoms with Crippen molar-refractivity contribution in [2.75, 3.05) is 0 Å². The maximum Gasteiger partial charge on any atom is 0.307 e. The Bertz CT molecular complexity index is 555. The van der Waals surface area contributed by atoms with E-state index in [4.69, 9.17) is 5.11 Å². The predicted molar refractivity (Wildman–Crippen MR) is 58.5 cm³/mol. The van der Waals surface area contributed by atoms with Crippen molar-refractivity contribution in [2.24, 2.45) is 0 Å². The molecule has 4 nitrogen and oxygen atoms in total. The van der Waals surface area contributed by atoms with E-state index in [-0.39, 0.29) is 6.42 Å². The Hall–Kier alpha value is -1.84. The molecule has 1 aliphatic carbocycles. The molecule has 0 aromatic carbocycles. The minimum Gasteiger partial charge on any atom is -0.481 e. The average molecular weight is 216 g/mol. The molecule has 0 bridgehead atoms. The second kappa shape index (κ2) is 3.33. The highest BCUT2D eigenvalue weighted by molar-refractivity contribution is 5.73. The number of aliphatic carboxylic acids is 1. The third kappa shape index (κ3) is 1.56. The maximum absolute atomic E-state index is 10.7. The quantitative estimate of drug-likeness (QED) is 0.851. The minimum atomic E-state index is -0.816. The second-order valence-electron chi connectivity index (χ2n) is 4.27. The van der Waals surface area contributed by atoms with Gasteiger partial charge in [0, 0.05) is 23.9 Å². The van der Waals surface area contributed by atoms with Crippen LogP contribution in [0.1, 0.15) is 30.0 Å². The predicted octanol–water partition coefficient (Wildman–Crippen LogP) is 1.84. The third-order valence-corrected chi connectivity index (χ3v) is 2.92. The van der Waals surface area contributed by atoms with Crippen LogP contribution < -0.4 is 0 Å². The van der Waals surface area contributed by atoms with E-state index in [9.17, 15) is 4.79 Å². The molecule has 3 rings (SSSR count). The van der Waals surface area contributed by atoms with Crippen LogP contribution in [0.2, 0.25) is 0 Å². The van der Waals surface area contributed by atoms with E-state index in [1.54, 1.807) is 0 Å². The molecule has 82 valence electrons. The van der Waals surface area contributed by atoms with Crippen LogP contribution in [-0.2, 0) is 11.2 Å². The lowest BCUT2D eigenvalue weighted by Gasteiger charge is -1.99. The lowest BCUT2D eigenvalue weighted by atomic mass is 10.2. The highest BCUT2D eigenvalue weighted by Crippen LogP contribution is 2.39. The summed E-state index contributed by atoms with van der Waals surface area (Å²) in [6, 6.07) is 3.69. The monoisotopic (exact) mass is 216 g/mol. The number of carboxylic acids is 1. The molecule has 1 aliphatic rings. The largest absolute Gasteiger partial charge is 0.481 e. The highest BCUT2D eigenvalue weighted by atomic mass is 16.4. The van der Waals surface area contributed by atoms with Crippen molar-refractivity contribution in [3.05, 3.63) is 35.8 Å². The molecule has 0 amide bonds. The number of imidazole rings is 1. The van der Waals surface area contributed by atoms with Crippen molar-refractivity contribution < 1.29 is 9.90 Å². The zero-order valence-corrected chi connectivity index (χ0v) is 8.76. The first-order chi connectivity index (χ1) is 7.74. The lowest BCUT2D eigenvalue weighted by Crippen LogP contribution is -2.02. The zero-order valence-electron chi connectivity index (χ0n) is 8.76. The molecule has 16 heavy (non-hydrogen) atoms. The van der Waals surface area contributed by atoms with Crippen molar-refractivity contribution in [1.29, 1.82) is 0 Å². The summed E-state index contributed by atoms with van der Waals surface area (Å²) in [6.07, 6.45) is 6.37. The number of nitrogens with zero attached hydrogens (tertiary/aromatic N) is 2. The molecular formula is C12H12N2O2. The van der Waals surface area contributed by atoms with Crippen LogP contribution in [0.5, 0.6) is 0 Å². The number of hydrogen-bond donors (Lipinski definition) is 1. The number of carbonyl (C=O) groups is 1. The molecule has 2 aromatic heterocycles. The SMILES string of the molecule is O=C(O)Cc1cccn2cc(C3CC3)nc12. The fourth-order valence-corrected chi connectivity index (χ4v) is 1.97. The molecule has 2 aromatic rings. The van der Waals surface area contributed by atoms with Crippen LogP contribution in [0.3, 0.4) is 0 Å². The van der Waals surface area contributed by atoms with E-state index in [0.717, 1.165) is 16.9 Å². The van der Waals surface area contributed by atoms with Crippen molar-refractivity contribution in [3.63, 3.8) is 0 Å². The standard InChI is InChI=1S/C12H12N2O2/c15-11(16)6-9-2-1-5-14-7-10(8-3-4-8)13-12(9)14/h1-2,5,7-8H,3-4,6H2,(H,15,16). The second-order valence-corrected chi connectivity index (χ2v) is 4.27. The minimum absolute atomic E-state index is 0.0332. The van der Waals surface area contributed by atoms with Gasteiger partial charge in [-0.2, -0.15) is 0 Å². The first kappa shape index (κ1) is 9.39. The van der Waals surface area contributed by atoms with Crippen molar-refractivity contribution in [2.45, 2.75) is 25.2 Å². The summed E-state index contributed by atoms with van der Waals surface area (Å²) in [5.74, 6) is -0.221. The Morgan fingerprint density at radius 1 is 1.56 bits per heavy atom. The molecule has 0 atom stereocenters. The van der Waals surface area contributed by atoms with Gasteiger partial charge in [0.05, 0.1) is 12.1 Å². The molecule has 2 heterocycles. The number of rotatable bonds is 3. The Labute approximate surface area is 92.5 Å². The number of hydrogen-bond acceptors (Lipinski definition) is 2. The fourth-order valence-electron chi connectivity index (χ4n) is 1.97. The van der Waals surface area contributed by atoms with Crippen LogP contribution in [-0.4, -0.2) is 20.5 Å². The molecule has 1 fully saturated rings. The van der Waals surface area contributed by atoms with Gasteiger partial charge in [0.2, 0.25) is 0 Å². The molecule has 0 unspecified atom stereocenters.